The van der Waals surface area contributed by atoms with E-state index in [4.69, 9.17) is 4.98 Å². The minimum atomic E-state index is -0.238. The van der Waals surface area contributed by atoms with Crippen molar-refractivity contribution in [1.29, 1.82) is 0 Å². The standard InChI is InChI=1S/C22H22N8O/c1-15-12-26-16(13-25-15)14-27-21(31)19-17-6-2-3-10-29(17)20(28-19)18-7-4-11-30(18)22-23-8-5-9-24-22/h2-3,5-6,8-10,12-13,18H,4,7,11,14H2,1H3,(H,27,31). The summed E-state index contributed by atoms with van der Waals surface area (Å²) in [5.74, 6) is 1.26. The molecule has 1 atom stereocenters. The van der Waals surface area contributed by atoms with Crippen molar-refractivity contribution in [3.05, 3.63) is 78.2 Å². The first-order valence-corrected chi connectivity index (χ1v) is 10.3. The van der Waals surface area contributed by atoms with Gasteiger partial charge < -0.3 is 14.6 Å². The normalized spacial score (nSPS) is 16.0. The van der Waals surface area contributed by atoms with E-state index in [1.54, 1.807) is 30.9 Å². The first kappa shape index (κ1) is 19.1. The van der Waals surface area contributed by atoms with Crippen LogP contribution >= 0.6 is 0 Å². The predicted octanol–water partition coefficient (Wildman–Crippen LogP) is 2.49. The number of pyridine rings is 1. The van der Waals surface area contributed by atoms with Gasteiger partial charge in [-0.1, -0.05) is 6.07 Å². The van der Waals surface area contributed by atoms with E-state index in [-0.39, 0.29) is 11.9 Å². The lowest BCUT2D eigenvalue weighted by atomic mass is 10.2. The van der Waals surface area contributed by atoms with Crippen LogP contribution in [0.1, 0.15) is 46.6 Å². The van der Waals surface area contributed by atoms with Gasteiger partial charge in [0.15, 0.2) is 5.69 Å². The lowest BCUT2D eigenvalue weighted by molar-refractivity contribution is 0.0947. The van der Waals surface area contributed by atoms with E-state index in [0.717, 1.165) is 36.4 Å². The summed E-state index contributed by atoms with van der Waals surface area (Å²) in [7, 11) is 0. The third-order valence-corrected chi connectivity index (χ3v) is 5.42. The molecule has 0 radical (unpaired) electrons. The van der Waals surface area contributed by atoms with Crippen molar-refractivity contribution in [3.8, 4) is 0 Å². The van der Waals surface area contributed by atoms with Crippen molar-refractivity contribution < 1.29 is 4.79 Å². The van der Waals surface area contributed by atoms with Gasteiger partial charge in [0.05, 0.1) is 35.7 Å². The van der Waals surface area contributed by atoms with Crippen LogP contribution in [0.15, 0.2) is 55.2 Å². The number of carbonyl (C=O) groups excluding carboxylic acids is 1. The zero-order chi connectivity index (χ0) is 21.2. The minimum Gasteiger partial charge on any atom is -0.345 e. The summed E-state index contributed by atoms with van der Waals surface area (Å²) in [4.78, 5) is 37.3. The lowest BCUT2D eigenvalue weighted by Gasteiger charge is -2.23. The molecule has 1 amide bonds. The molecule has 9 heteroatoms. The summed E-state index contributed by atoms with van der Waals surface area (Å²) >= 11 is 0. The van der Waals surface area contributed by atoms with Gasteiger partial charge in [0.2, 0.25) is 5.95 Å². The van der Waals surface area contributed by atoms with E-state index in [2.05, 4.69) is 30.2 Å². The monoisotopic (exact) mass is 414 g/mol. The number of nitrogens with one attached hydrogen (secondary N) is 1. The number of aromatic nitrogens is 6. The second-order valence-electron chi connectivity index (χ2n) is 7.51. The van der Waals surface area contributed by atoms with Crippen molar-refractivity contribution in [2.45, 2.75) is 32.4 Å². The fourth-order valence-corrected chi connectivity index (χ4v) is 3.94. The second kappa shape index (κ2) is 8.10. The van der Waals surface area contributed by atoms with Gasteiger partial charge in [-0.05, 0) is 38.0 Å². The van der Waals surface area contributed by atoms with Crippen LogP contribution in [0.5, 0.6) is 0 Å². The summed E-state index contributed by atoms with van der Waals surface area (Å²) in [6, 6.07) is 7.58. The molecular weight excluding hydrogens is 392 g/mol. The zero-order valence-electron chi connectivity index (χ0n) is 17.1. The number of nitrogens with zero attached hydrogens (tertiary/aromatic N) is 7. The molecule has 9 nitrogen and oxygen atoms in total. The average Bonchev–Trinajstić information content (AvgIpc) is 3.44. The smallest absolute Gasteiger partial charge is 0.272 e. The van der Waals surface area contributed by atoms with E-state index in [1.165, 1.54) is 0 Å². The molecule has 1 saturated heterocycles. The van der Waals surface area contributed by atoms with Crippen molar-refractivity contribution in [2.24, 2.45) is 0 Å². The van der Waals surface area contributed by atoms with Gasteiger partial charge in [0.25, 0.3) is 5.91 Å². The van der Waals surface area contributed by atoms with E-state index in [0.29, 0.717) is 23.9 Å². The maximum Gasteiger partial charge on any atom is 0.272 e. The molecule has 5 rings (SSSR count). The van der Waals surface area contributed by atoms with E-state index >= 15 is 0 Å². The summed E-state index contributed by atoms with van der Waals surface area (Å²) in [5.41, 5.74) is 2.71. The first-order chi connectivity index (χ1) is 15.2. The number of hydrogen-bond donors (Lipinski definition) is 1. The van der Waals surface area contributed by atoms with Gasteiger partial charge in [-0.25, -0.2) is 15.0 Å². The molecule has 0 spiro atoms. The summed E-state index contributed by atoms with van der Waals surface area (Å²) in [6.45, 7) is 3.02. The number of imidazole rings is 1. The van der Waals surface area contributed by atoms with Gasteiger partial charge >= 0.3 is 0 Å². The van der Waals surface area contributed by atoms with E-state index < -0.39 is 0 Å². The SMILES string of the molecule is Cc1cnc(CNC(=O)c2nc(C3CCCN3c3ncccn3)n3ccccc23)cn1. The van der Waals surface area contributed by atoms with Crippen LogP contribution in [0.25, 0.3) is 5.52 Å². The Balaban J connectivity index is 1.45. The number of amides is 1. The minimum absolute atomic E-state index is 0.00168. The molecule has 4 aromatic rings. The highest BCUT2D eigenvalue weighted by Gasteiger charge is 2.32. The van der Waals surface area contributed by atoms with E-state index in [1.807, 2.05) is 35.7 Å². The fourth-order valence-electron chi connectivity index (χ4n) is 3.94. The Morgan fingerprint density at radius 2 is 2.00 bits per heavy atom. The predicted molar refractivity (Wildman–Crippen MR) is 114 cm³/mol. The first-order valence-electron chi connectivity index (χ1n) is 10.3. The Bertz CT molecular complexity index is 1210. The molecule has 1 N–H and O–H groups in total. The summed E-state index contributed by atoms with van der Waals surface area (Å²) in [5, 5.41) is 2.92. The topological polar surface area (TPSA) is 101 Å². The molecule has 0 bridgehead atoms. The Kier molecular flexibility index (Phi) is 4.99. The molecule has 31 heavy (non-hydrogen) atoms. The van der Waals surface area contributed by atoms with Crippen LogP contribution in [0.4, 0.5) is 5.95 Å². The van der Waals surface area contributed by atoms with Crippen LogP contribution in [-0.2, 0) is 6.54 Å². The Labute approximate surface area is 179 Å². The molecule has 1 fully saturated rings. The van der Waals surface area contributed by atoms with Crippen LogP contribution in [0.3, 0.4) is 0 Å². The van der Waals surface area contributed by atoms with Gasteiger partial charge in [-0.3, -0.25) is 14.8 Å². The molecule has 156 valence electrons. The molecule has 0 saturated carbocycles. The number of carbonyl (C=O) groups is 1. The molecule has 5 heterocycles. The van der Waals surface area contributed by atoms with Gasteiger partial charge in [0, 0.05) is 31.3 Å². The molecular formula is C22H22N8O. The van der Waals surface area contributed by atoms with E-state index in [9.17, 15) is 4.79 Å². The maximum absolute atomic E-state index is 13.0. The second-order valence-corrected chi connectivity index (χ2v) is 7.51. The molecule has 1 aliphatic rings. The number of hydrogen-bond acceptors (Lipinski definition) is 7. The fraction of sp³-hybridized carbons (Fsp3) is 0.273. The highest BCUT2D eigenvalue weighted by atomic mass is 16.1. The van der Waals surface area contributed by atoms with Crippen LogP contribution in [0, 0.1) is 6.92 Å². The maximum atomic E-state index is 13.0. The Hall–Kier alpha value is -3.88. The average molecular weight is 414 g/mol. The van der Waals surface area contributed by atoms with Crippen molar-refractivity contribution in [1.82, 2.24) is 34.6 Å². The lowest BCUT2D eigenvalue weighted by Crippen LogP contribution is -2.26. The molecule has 0 aromatic carbocycles. The summed E-state index contributed by atoms with van der Waals surface area (Å²) < 4.78 is 1.99. The van der Waals surface area contributed by atoms with Gasteiger partial charge in [0.1, 0.15) is 5.82 Å². The number of rotatable bonds is 5. The molecule has 0 aliphatic carbocycles. The third-order valence-electron chi connectivity index (χ3n) is 5.42. The Morgan fingerprint density at radius 1 is 1.13 bits per heavy atom. The molecule has 4 aromatic heterocycles. The summed E-state index contributed by atoms with van der Waals surface area (Å²) in [6.07, 6.45) is 10.7. The third kappa shape index (κ3) is 3.70. The van der Waals surface area contributed by atoms with Crippen molar-refractivity contribution in [3.63, 3.8) is 0 Å². The molecule has 1 unspecified atom stereocenters. The van der Waals surface area contributed by atoms with Crippen molar-refractivity contribution in [2.75, 3.05) is 11.4 Å². The largest absolute Gasteiger partial charge is 0.345 e. The van der Waals surface area contributed by atoms with Gasteiger partial charge in [-0.15, -0.1) is 0 Å². The Morgan fingerprint density at radius 3 is 2.81 bits per heavy atom. The van der Waals surface area contributed by atoms with Crippen LogP contribution < -0.4 is 10.2 Å². The number of aryl methyl sites for hydroxylation is 1. The quantitative estimate of drug-likeness (QED) is 0.535. The van der Waals surface area contributed by atoms with Gasteiger partial charge in [-0.2, -0.15) is 0 Å². The number of anilines is 1. The van der Waals surface area contributed by atoms with Crippen molar-refractivity contribution >= 4 is 17.4 Å². The highest BCUT2D eigenvalue weighted by Crippen LogP contribution is 2.34. The zero-order valence-corrected chi connectivity index (χ0v) is 17.1. The highest BCUT2D eigenvalue weighted by molar-refractivity contribution is 5.99. The van der Waals surface area contributed by atoms with Crippen LogP contribution in [0.2, 0.25) is 0 Å². The molecule has 1 aliphatic heterocycles. The van der Waals surface area contributed by atoms with Crippen LogP contribution in [-0.4, -0.2) is 41.8 Å². The number of fused-ring (bicyclic) bond motifs is 1.